The molecule has 6 heteroatoms. The smallest absolute Gasteiger partial charge is 0.254 e. The lowest BCUT2D eigenvalue weighted by molar-refractivity contribution is -0.130. The number of rotatable bonds is 3. The molecule has 2 N–H and O–H groups in total. The molecule has 0 atom stereocenters. The van der Waals surface area contributed by atoms with Gasteiger partial charge in [0, 0.05) is 26.2 Å². The molecule has 1 aliphatic heterocycles. The molecular weight excluding hydrogens is 261 g/mol. The second kappa shape index (κ2) is 6.47. The van der Waals surface area contributed by atoms with Crippen molar-refractivity contribution >= 4 is 11.8 Å². The zero-order valence-corrected chi connectivity index (χ0v) is 11.4. The van der Waals surface area contributed by atoms with Crippen molar-refractivity contribution in [2.45, 2.75) is 6.92 Å². The largest absolute Gasteiger partial charge is 0.343 e. The lowest BCUT2D eigenvalue weighted by Crippen LogP contribution is -2.49. The van der Waals surface area contributed by atoms with Crippen LogP contribution in [0.3, 0.4) is 0 Å². The molecule has 0 bridgehead atoms. The molecule has 0 aliphatic carbocycles. The lowest BCUT2D eigenvalue weighted by Gasteiger charge is -2.27. The van der Waals surface area contributed by atoms with Crippen LogP contribution in [0.1, 0.15) is 15.9 Å². The molecule has 1 fully saturated rings. The molecule has 5 nitrogen and oxygen atoms in total. The minimum Gasteiger partial charge on any atom is -0.343 e. The van der Waals surface area contributed by atoms with Crippen LogP contribution >= 0.6 is 0 Å². The molecule has 0 aromatic heterocycles. The van der Waals surface area contributed by atoms with E-state index in [2.05, 4.69) is 10.6 Å². The van der Waals surface area contributed by atoms with Crippen LogP contribution in [0, 0.1) is 12.7 Å². The topological polar surface area (TPSA) is 61.4 Å². The molecule has 0 spiro atoms. The van der Waals surface area contributed by atoms with Crippen LogP contribution in [-0.4, -0.2) is 49.4 Å². The predicted molar refractivity (Wildman–Crippen MR) is 72.9 cm³/mol. The third-order valence-electron chi connectivity index (χ3n) is 3.24. The van der Waals surface area contributed by atoms with E-state index in [0.717, 1.165) is 18.7 Å². The van der Waals surface area contributed by atoms with E-state index < -0.39 is 11.7 Å². The molecule has 1 aromatic rings. The molecule has 1 saturated heterocycles. The monoisotopic (exact) mass is 279 g/mol. The molecule has 0 radical (unpaired) electrons. The van der Waals surface area contributed by atoms with E-state index in [1.165, 1.54) is 12.1 Å². The summed E-state index contributed by atoms with van der Waals surface area (Å²) in [7, 11) is 0. The first-order chi connectivity index (χ1) is 9.58. The van der Waals surface area contributed by atoms with Crippen LogP contribution in [0.5, 0.6) is 0 Å². The molecule has 2 rings (SSSR count). The minimum atomic E-state index is -0.572. The van der Waals surface area contributed by atoms with Gasteiger partial charge >= 0.3 is 0 Å². The highest BCUT2D eigenvalue weighted by molar-refractivity contribution is 5.96. The summed E-state index contributed by atoms with van der Waals surface area (Å²) in [5.74, 6) is -1.28. The van der Waals surface area contributed by atoms with E-state index in [-0.39, 0.29) is 18.0 Å². The van der Waals surface area contributed by atoms with Crippen molar-refractivity contribution in [3.05, 3.63) is 35.1 Å². The molecule has 1 aliphatic rings. The number of benzene rings is 1. The van der Waals surface area contributed by atoms with Crippen molar-refractivity contribution in [3.63, 3.8) is 0 Å². The predicted octanol–water partition coefficient (Wildman–Crippen LogP) is 0.296. The Labute approximate surface area is 117 Å². The number of halogens is 1. The summed E-state index contributed by atoms with van der Waals surface area (Å²) in [5, 5.41) is 5.61. The molecule has 0 saturated carbocycles. The summed E-state index contributed by atoms with van der Waals surface area (Å²) in [6.45, 7) is 4.42. The van der Waals surface area contributed by atoms with Crippen molar-refractivity contribution in [3.8, 4) is 0 Å². The van der Waals surface area contributed by atoms with Gasteiger partial charge in [0.1, 0.15) is 5.82 Å². The van der Waals surface area contributed by atoms with Crippen molar-refractivity contribution in [1.82, 2.24) is 15.5 Å². The first-order valence-electron chi connectivity index (χ1n) is 6.61. The van der Waals surface area contributed by atoms with E-state index in [1.807, 2.05) is 0 Å². The Morgan fingerprint density at radius 3 is 2.70 bits per heavy atom. The van der Waals surface area contributed by atoms with Gasteiger partial charge in [0.2, 0.25) is 5.91 Å². The second-order valence-electron chi connectivity index (χ2n) is 4.80. The highest BCUT2D eigenvalue weighted by atomic mass is 19.1. The van der Waals surface area contributed by atoms with Crippen LogP contribution in [0.4, 0.5) is 4.39 Å². The summed E-state index contributed by atoms with van der Waals surface area (Å²) in [6.07, 6.45) is 0. The summed E-state index contributed by atoms with van der Waals surface area (Å²) in [4.78, 5) is 25.4. The number of aryl methyl sites for hydroxylation is 1. The van der Waals surface area contributed by atoms with Gasteiger partial charge < -0.3 is 15.5 Å². The first kappa shape index (κ1) is 14.5. The van der Waals surface area contributed by atoms with Crippen LogP contribution in [-0.2, 0) is 4.79 Å². The van der Waals surface area contributed by atoms with Gasteiger partial charge in [0.15, 0.2) is 0 Å². The molecule has 2 amide bonds. The number of hydrogen-bond donors (Lipinski definition) is 2. The molecule has 1 heterocycles. The average molecular weight is 279 g/mol. The van der Waals surface area contributed by atoms with Gasteiger partial charge in [0.05, 0.1) is 12.1 Å². The fourth-order valence-corrected chi connectivity index (χ4v) is 2.08. The van der Waals surface area contributed by atoms with Crippen LogP contribution in [0.25, 0.3) is 0 Å². The highest BCUT2D eigenvalue weighted by Gasteiger charge is 2.18. The number of hydrogen-bond acceptors (Lipinski definition) is 3. The van der Waals surface area contributed by atoms with Gasteiger partial charge in [-0.25, -0.2) is 4.39 Å². The van der Waals surface area contributed by atoms with E-state index in [4.69, 9.17) is 0 Å². The van der Waals surface area contributed by atoms with Gasteiger partial charge in [-0.1, -0.05) is 6.07 Å². The molecule has 20 heavy (non-hydrogen) atoms. The van der Waals surface area contributed by atoms with E-state index in [0.29, 0.717) is 13.1 Å². The van der Waals surface area contributed by atoms with Gasteiger partial charge in [-0.2, -0.15) is 0 Å². The van der Waals surface area contributed by atoms with Gasteiger partial charge in [-0.3, -0.25) is 9.59 Å². The highest BCUT2D eigenvalue weighted by Crippen LogP contribution is 2.09. The van der Waals surface area contributed by atoms with Crippen molar-refractivity contribution in [1.29, 1.82) is 0 Å². The van der Waals surface area contributed by atoms with Crippen LogP contribution < -0.4 is 10.6 Å². The zero-order valence-electron chi connectivity index (χ0n) is 11.4. The Hall–Kier alpha value is -1.95. The van der Waals surface area contributed by atoms with E-state index >= 15 is 0 Å². The maximum absolute atomic E-state index is 13.6. The normalized spacial score (nSPS) is 15.0. The van der Waals surface area contributed by atoms with Gasteiger partial charge in [-0.05, 0) is 24.6 Å². The number of piperazine rings is 1. The number of carbonyl (C=O) groups is 2. The van der Waals surface area contributed by atoms with Crippen LogP contribution in [0.2, 0.25) is 0 Å². The third kappa shape index (κ3) is 3.54. The summed E-state index contributed by atoms with van der Waals surface area (Å²) < 4.78 is 13.6. The maximum Gasteiger partial charge on any atom is 0.254 e. The Bertz CT molecular complexity index is 513. The lowest BCUT2D eigenvalue weighted by atomic mass is 10.1. The number of carbonyl (C=O) groups excluding carboxylic acids is 2. The molecule has 1 aromatic carbocycles. The fraction of sp³-hybridized carbons (Fsp3) is 0.429. The Balaban J connectivity index is 1.89. The molecule has 0 unspecified atom stereocenters. The number of nitrogens with one attached hydrogen (secondary N) is 2. The van der Waals surface area contributed by atoms with Crippen LogP contribution in [0.15, 0.2) is 18.2 Å². The quantitative estimate of drug-likeness (QED) is 0.836. The second-order valence-corrected chi connectivity index (χ2v) is 4.80. The Kier molecular flexibility index (Phi) is 4.68. The first-order valence-corrected chi connectivity index (χ1v) is 6.61. The van der Waals surface area contributed by atoms with Gasteiger partial charge in [0.25, 0.3) is 5.91 Å². The molecule has 108 valence electrons. The SMILES string of the molecule is Cc1ccc(C(=O)NCC(=O)N2CCNCC2)c(F)c1. The van der Waals surface area contributed by atoms with E-state index in [1.54, 1.807) is 17.9 Å². The molecular formula is C14H18FN3O2. The van der Waals surface area contributed by atoms with E-state index in [9.17, 15) is 14.0 Å². The third-order valence-corrected chi connectivity index (χ3v) is 3.24. The fourth-order valence-electron chi connectivity index (χ4n) is 2.08. The van der Waals surface area contributed by atoms with Crippen molar-refractivity contribution in [2.24, 2.45) is 0 Å². The summed E-state index contributed by atoms with van der Waals surface area (Å²) in [5.41, 5.74) is 0.708. The van der Waals surface area contributed by atoms with Crippen molar-refractivity contribution < 1.29 is 14.0 Å². The zero-order chi connectivity index (χ0) is 14.5. The summed E-state index contributed by atoms with van der Waals surface area (Å²) in [6, 6.07) is 4.39. The number of nitrogens with zero attached hydrogens (tertiary/aromatic N) is 1. The Morgan fingerprint density at radius 2 is 2.05 bits per heavy atom. The average Bonchev–Trinajstić information content (AvgIpc) is 2.45. The minimum absolute atomic E-state index is 0.0382. The maximum atomic E-state index is 13.6. The number of amides is 2. The summed E-state index contributed by atoms with van der Waals surface area (Å²) >= 11 is 0. The van der Waals surface area contributed by atoms with Gasteiger partial charge in [-0.15, -0.1) is 0 Å². The Morgan fingerprint density at radius 1 is 1.35 bits per heavy atom. The standard InChI is InChI=1S/C14H18FN3O2/c1-10-2-3-11(12(15)8-10)14(20)17-9-13(19)18-6-4-16-5-7-18/h2-3,8,16H,4-7,9H2,1H3,(H,17,20). The van der Waals surface area contributed by atoms with Crippen molar-refractivity contribution in [2.75, 3.05) is 32.7 Å².